The van der Waals surface area contributed by atoms with Crippen LogP contribution in [0.1, 0.15) is 29.5 Å². The number of aromatic nitrogens is 1. The van der Waals surface area contributed by atoms with E-state index in [0.717, 1.165) is 48.3 Å². The lowest BCUT2D eigenvalue weighted by atomic mass is 10.0. The lowest BCUT2D eigenvalue weighted by molar-refractivity contribution is -0.112. The van der Waals surface area contributed by atoms with Crippen molar-refractivity contribution in [2.75, 3.05) is 30.8 Å². The van der Waals surface area contributed by atoms with Crippen LogP contribution in [0.15, 0.2) is 72.4 Å². The van der Waals surface area contributed by atoms with Gasteiger partial charge in [0, 0.05) is 29.4 Å². The van der Waals surface area contributed by atoms with Gasteiger partial charge in [-0.1, -0.05) is 17.7 Å². The van der Waals surface area contributed by atoms with Crippen molar-refractivity contribution in [2.45, 2.75) is 26.4 Å². The summed E-state index contributed by atoms with van der Waals surface area (Å²) in [6.07, 6.45) is 4.82. The molecule has 2 heterocycles. The average Bonchev–Trinajstić information content (AvgIpc) is 2.97. The largest absolute Gasteiger partial charge is 0.494 e. The summed E-state index contributed by atoms with van der Waals surface area (Å²) in [5, 5.41) is 20.1. The van der Waals surface area contributed by atoms with Crippen LogP contribution in [0.5, 0.6) is 11.5 Å². The van der Waals surface area contributed by atoms with Crippen LogP contribution < -0.4 is 25.4 Å². The molecule has 3 N–H and O–H groups in total. The second-order valence-corrected chi connectivity index (χ2v) is 9.79. The van der Waals surface area contributed by atoms with Gasteiger partial charge in [-0.3, -0.25) is 9.78 Å². The molecule has 0 atom stereocenters. The topological polar surface area (TPSA) is 108 Å². The summed E-state index contributed by atoms with van der Waals surface area (Å²) >= 11 is 0. The standard InChI is InChI=1S/C32H30FN5O3/c1-20-12-25(6-7-29(20)41-19-22-4-3-5-24(33)13-22)37-32-23(17-34)18-36-27-16-30(40-2)28(15-26(27)32)38-31(39)14-21-8-10-35-11-9-21/h3-7,12-16,18,35H,8-11,19H2,1-2H3,(H,36,37)(H,38,39). The number of carbonyl (C=O) groups excluding carboxylic acids is 1. The van der Waals surface area contributed by atoms with Crippen LogP contribution in [0.2, 0.25) is 0 Å². The van der Waals surface area contributed by atoms with Crippen molar-refractivity contribution in [3.63, 3.8) is 0 Å². The Labute approximate surface area is 237 Å². The number of methoxy groups -OCH3 is 1. The van der Waals surface area contributed by atoms with Crippen LogP contribution in [0, 0.1) is 24.1 Å². The van der Waals surface area contributed by atoms with Gasteiger partial charge in [0.2, 0.25) is 5.91 Å². The fourth-order valence-corrected chi connectivity index (χ4v) is 4.77. The van der Waals surface area contributed by atoms with Gasteiger partial charge in [0.1, 0.15) is 30.0 Å². The zero-order valence-electron chi connectivity index (χ0n) is 22.9. The van der Waals surface area contributed by atoms with E-state index in [0.29, 0.717) is 39.3 Å². The quantitative estimate of drug-likeness (QED) is 0.226. The van der Waals surface area contributed by atoms with E-state index < -0.39 is 0 Å². The number of nitriles is 1. The molecule has 9 heteroatoms. The summed E-state index contributed by atoms with van der Waals surface area (Å²) in [6, 6.07) is 17.6. The van der Waals surface area contributed by atoms with Gasteiger partial charge >= 0.3 is 0 Å². The second-order valence-electron chi connectivity index (χ2n) is 9.79. The normalized spacial score (nSPS) is 12.9. The zero-order valence-corrected chi connectivity index (χ0v) is 22.9. The van der Waals surface area contributed by atoms with Crippen LogP contribution in [-0.2, 0) is 11.4 Å². The molecule has 0 spiro atoms. The SMILES string of the molecule is COc1cc2ncc(C#N)c(Nc3ccc(OCc4cccc(F)c4)c(C)c3)c2cc1NC(=O)C=C1CCNCC1. The number of amides is 1. The van der Waals surface area contributed by atoms with Gasteiger partial charge in [-0.15, -0.1) is 0 Å². The summed E-state index contributed by atoms with van der Waals surface area (Å²) < 4.78 is 25.0. The third-order valence-corrected chi connectivity index (χ3v) is 6.88. The number of ether oxygens (including phenoxy) is 2. The molecule has 5 rings (SSSR count). The number of benzene rings is 3. The monoisotopic (exact) mass is 551 g/mol. The van der Waals surface area contributed by atoms with Crippen molar-refractivity contribution < 1.29 is 18.7 Å². The first-order valence-corrected chi connectivity index (χ1v) is 13.3. The number of hydrogen-bond acceptors (Lipinski definition) is 7. The average molecular weight is 552 g/mol. The summed E-state index contributed by atoms with van der Waals surface area (Å²) in [5.41, 5.74) is 5.42. The molecule has 41 heavy (non-hydrogen) atoms. The first-order valence-electron chi connectivity index (χ1n) is 13.3. The minimum absolute atomic E-state index is 0.233. The van der Waals surface area contributed by atoms with Gasteiger partial charge in [0.05, 0.1) is 29.6 Å². The number of carbonyl (C=O) groups is 1. The fraction of sp³-hybridized carbons (Fsp3) is 0.219. The fourth-order valence-electron chi connectivity index (χ4n) is 4.77. The van der Waals surface area contributed by atoms with Crippen molar-refractivity contribution in [3.05, 3.63) is 95.0 Å². The molecular formula is C32H30FN5O3. The second kappa shape index (κ2) is 12.5. The molecule has 1 amide bonds. The molecule has 0 aliphatic carbocycles. The van der Waals surface area contributed by atoms with Gasteiger partial charge in [0.15, 0.2) is 0 Å². The maximum atomic E-state index is 13.5. The summed E-state index contributed by atoms with van der Waals surface area (Å²) in [6.45, 7) is 3.87. The predicted octanol–water partition coefficient (Wildman–Crippen LogP) is 6.13. The van der Waals surface area contributed by atoms with Crippen LogP contribution in [-0.4, -0.2) is 31.1 Å². The zero-order chi connectivity index (χ0) is 28.8. The number of hydrogen-bond donors (Lipinski definition) is 3. The molecule has 0 saturated carbocycles. The highest BCUT2D eigenvalue weighted by Gasteiger charge is 2.16. The lowest BCUT2D eigenvalue weighted by Crippen LogP contribution is -2.24. The number of piperidine rings is 1. The Morgan fingerprint density at radius 2 is 1.98 bits per heavy atom. The molecule has 1 aromatic heterocycles. The van der Waals surface area contributed by atoms with Crippen LogP contribution in [0.25, 0.3) is 10.9 Å². The van der Waals surface area contributed by atoms with Crippen molar-refractivity contribution in [1.82, 2.24) is 10.3 Å². The molecule has 0 radical (unpaired) electrons. The number of nitrogens with one attached hydrogen (secondary N) is 3. The van der Waals surface area contributed by atoms with Crippen LogP contribution >= 0.6 is 0 Å². The highest BCUT2D eigenvalue weighted by molar-refractivity contribution is 6.05. The molecule has 8 nitrogen and oxygen atoms in total. The van der Waals surface area contributed by atoms with E-state index in [9.17, 15) is 14.4 Å². The van der Waals surface area contributed by atoms with Gasteiger partial charge in [0.25, 0.3) is 0 Å². The van der Waals surface area contributed by atoms with Gasteiger partial charge < -0.3 is 25.4 Å². The number of halogens is 1. The Bertz CT molecular complexity index is 1670. The molecule has 0 bridgehead atoms. The molecule has 1 aliphatic heterocycles. The maximum Gasteiger partial charge on any atom is 0.248 e. The number of fused-ring (bicyclic) bond motifs is 1. The Kier molecular flexibility index (Phi) is 8.42. The molecule has 1 aliphatic rings. The van der Waals surface area contributed by atoms with Gasteiger partial charge in [-0.25, -0.2) is 4.39 Å². The Morgan fingerprint density at radius 3 is 2.71 bits per heavy atom. The van der Waals surface area contributed by atoms with E-state index in [1.165, 1.54) is 25.4 Å². The summed E-state index contributed by atoms with van der Waals surface area (Å²) in [7, 11) is 1.53. The van der Waals surface area contributed by atoms with Crippen molar-refractivity contribution in [3.8, 4) is 17.6 Å². The predicted molar refractivity (Wildman–Crippen MR) is 157 cm³/mol. The van der Waals surface area contributed by atoms with Crippen molar-refractivity contribution in [2.24, 2.45) is 0 Å². The van der Waals surface area contributed by atoms with Gasteiger partial charge in [-0.05, 0) is 80.4 Å². The van der Waals surface area contributed by atoms with E-state index in [-0.39, 0.29) is 18.3 Å². The first-order chi connectivity index (χ1) is 19.9. The van der Waals surface area contributed by atoms with Crippen molar-refractivity contribution in [1.29, 1.82) is 5.26 Å². The molecular weight excluding hydrogens is 521 g/mol. The smallest absolute Gasteiger partial charge is 0.248 e. The highest BCUT2D eigenvalue weighted by atomic mass is 19.1. The van der Waals surface area contributed by atoms with E-state index in [4.69, 9.17) is 9.47 Å². The molecule has 4 aromatic rings. The van der Waals surface area contributed by atoms with Crippen molar-refractivity contribution >= 4 is 33.9 Å². The number of anilines is 3. The Morgan fingerprint density at radius 1 is 1.15 bits per heavy atom. The number of rotatable bonds is 8. The van der Waals surface area contributed by atoms with Crippen LogP contribution in [0.4, 0.5) is 21.5 Å². The minimum Gasteiger partial charge on any atom is -0.494 e. The highest BCUT2D eigenvalue weighted by Crippen LogP contribution is 2.36. The number of pyridine rings is 1. The lowest BCUT2D eigenvalue weighted by Gasteiger charge is -2.17. The van der Waals surface area contributed by atoms with E-state index in [1.807, 2.05) is 31.2 Å². The number of nitrogens with zero attached hydrogens (tertiary/aromatic N) is 2. The third kappa shape index (κ3) is 6.62. The molecule has 1 saturated heterocycles. The van der Waals surface area contributed by atoms with E-state index in [2.05, 4.69) is 27.0 Å². The Balaban J connectivity index is 1.42. The Hall–Kier alpha value is -4.94. The van der Waals surface area contributed by atoms with Crippen LogP contribution in [0.3, 0.4) is 0 Å². The summed E-state index contributed by atoms with van der Waals surface area (Å²) in [5.74, 6) is 0.591. The first kappa shape index (κ1) is 27.6. The van der Waals surface area contributed by atoms with E-state index in [1.54, 1.807) is 24.3 Å². The molecule has 0 unspecified atom stereocenters. The maximum absolute atomic E-state index is 13.5. The molecule has 3 aromatic carbocycles. The van der Waals surface area contributed by atoms with E-state index >= 15 is 0 Å². The summed E-state index contributed by atoms with van der Waals surface area (Å²) in [4.78, 5) is 17.3. The van der Waals surface area contributed by atoms with Gasteiger partial charge in [-0.2, -0.15) is 5.26 Å². The minimum atomic E-state index is -0.306. The molecule has 208 valence electrons. The third-order valence-electron chi connectivity index (χ3n) is 6.88. The number of aryl methyl sites for hydroxylation is 1. The molecule has 1 fully saturated rings.